The van der Waals surface area contributed by atoms with Crippen molar-refractivity contribution in [3.8, 4) is 0 Å². The van der Waals surface area contributed by atoms with Crippen LogP contribution in [0, 0.1) is 4.77 Å². The number of aromatic amines is 1. The normalized spacial score (nSPS) is 10.5. The van der Waals surface area contributed by atoms with Crippen molar-refractivity contribution >= 4 is 12.2 Å². The Bertz CT molecular complexity index is 412. The molecule has 0 saturated heterocycles. The van der Waals surface area contributed by atoms with Gasteiger partial charge in [-0.1, -0.05) is 10.3 Å². The molecule has 0 atom stereocenters. The molecular weight excluding hydrogens is 188 g/mol. The molecule has 1 N–H and O–H groups in total. The molecule has 0 spiro atoms. The van der Waals surface area contributed by atoms with E-state index >= 15 is 0 Å². The van der Waals surface area contributed by atoms with E-state index in [0.29, 0.717) is 11.3 Å². The van der Waals surface area contributed by atoms with Crippen LogP contribution in [0.3, 0.4) is 0 Å². The van der Waals surface area contributed by atoms with Crippen LogP contribution in [0.1, 0.15) is 0 Å². The summed E-state index contributed by atoms with van der Waals surface area (Å²) in [4.78, 5) is 0. The molecule has 2 heterocycles. The molecule has 0 aliphatic heterocycles. The molecule has 2 aromatic heterocycles. The van der Waals surface area contributed by atoms with Gasteiger partial charge in [0.15, 0.2) is 0 Å². The van der Waals surface area contributed by atoms with E-state index in [1.807, 2.05) is 16.9 Å². The Balaban J connectivity index is 2.01. The smallest absolute Gasteiger partial charge is 0.238 e. The van der Waals surface area contributed by atoms with Crippen molar-refractivity contribution in [3.63, 3.8) is 0 Å². The first-order chi connectivity index (χ1) is 6.36. The molecule has 0 bridgehead atoms. The van der Waals surface area contributed by atoms with Gasteiger partial charge in [0.2, 0.25) is 4.77 Å². The highest BCUT2D eigenvalue weighted by Gasteiger charge is 1.95. The number of tetrazole rings is 1. The number of rotatable bonds is 3. The summed E-state index contributed by atoms with van der Waals surface area (Å²) < 4.78 is 3.98. The number of hydrogen-bond donors (Lipinski definition) is 1. The molecule has 0 saturated carbocycles. The zero-order valence-electron chi connectivity index (χ0n) is 6.79. The Morgan fingerprint density at radius 3 is 3.00 bits per heavy atom. The van der Waals surface area contributed by atoms with Crippen molar-refractivity contribution in [3.05, 3.63) is 23.2 Å². The zero-order valence-corrected chi connectivity index (χ0v) is 7.61. The van der Waals surface area contributed by atoms with Crippen LogP contribution in [0.15, 0.2) is 18.5 Å². The summed E-state index contributed by atoms with van der Waals surface area (Å²) in [7, 11) is 0. The minimum atomic E-state index is 0.465. The lowest BCUT2D eigenvalue weighted by molar-refractivity contribution is 0.486. The van der Waals surface area contributed by atoms with Gasteiger partial charge in [0.1, 0.15) is 0 Å². The molecule has 0 aliphatic rings. The van der Waals surface area contributed by atoms with E-state index in [-0.39, 0.29) is 0 Å². The molecule has 68 valence electrons. The Labute approximate surface area is 79.2 Å². The molecule has 6 nitrogen and oxygen atoms in total. The van der Waals surface area contributed by atoms with Gasteiger partial charge in [0.05, 0.1) is 13.1 Å². The van der Waals surface area contributed by atoms with Crippen LogP contribution in [-0.4, -0.2) is 30.0 Å². The molecule has 7 heteroatoms. The van der Waals surface area contributed by atoms with Gasteiger partial charge in [0, 0.05) is 12.4 Å². The highest BCUT2D eigenvalue weighted by Crippen LogP contribution is 1.88. The standard InChI is InChI=1S/C6H8N6S/c13-6-8-9-10-12(6)5-4-11-3-1-2-7-11/h1-3H,4-5H2,(H,8,10,13). The van der Waals surface area contributed by atoms with E-state index in [9.17, 15) is 0 Å². The molecular formula is C6H8N6S. The Hall–Kier alpha value is -1.50. The van der Waals surface area contributed by atoms with E-state index in [1.54, 1.807) is 10.9 Å². The van der Waals surface area contributed by atoms with Crippen molar-refractivity contribution in [2.75, 3.05) is 0 Å². The Morgan fingerprint density at radius 1 is 1.46 bits per heavy atom. The summed E-state index contributed by atoms with van der Waals surface area (Å²) in [5.41, 5.74) is 0. The van der Waals surface area contributed by atoms with E-state index in [4.69, 9.17) is 12.2 Å². The molecule has 0 fully saturated rings. The number of nitrogens with one attached hydrogen (secondary N) is 1. The van der Waals surface area contributed by atoms with E-state index in [2.05, 4.69) is 20.6 Å². The highest BCUT2D eigenvalue weighted by atomic mass is 32.1. The minimum absolute atomic E-state index is 0.465. The summed E-state index contributed by atoms with van der Waals surface area (Å²) in [6, 6.07) is 1.88. The number of aryl methyl sites for hydroxylation is 2. The first-order valence-electron chi connectivity index (χ1n) is 3.81. The number of hydrogen-bond acceptors (Lipinski definition) is 4. The number of nitrogens with zero attached hydrogens (tertiary/aromatic N) is 5. The molecule has 0 aromatic carbocycles. The lowest BCUT2D eigenvalue weighted by Crippen LogP contribution is -2.09. The van der Waals surface area contributed by atoms with Gasteiger partial charge in [-0.15, -0.1) is 0 Å². The first kappa shape index (κ1) is 8.11. The zero-order chi connectivity index (χ0) is 9.10. The average Bonchev–Trinajstić information content (AvgIpc) is 2.72. The first-order valence-corrected chi connectivity index (χ1v) is 4.22. The Kier molecular flexibility index (Phi) is 2.17. The number of H-pyrrole nitrogens is 1. The lowest BCUT2D eigenvalue weighted by Gasteiger charge is -2.00. The molecule has 2 rings (SSSR count). The van der Waals surface area contributed by atoms with Gasteiger partial charge in [-0.2, -0.15) is 10.3 Å². The molecule has 0 radical (unpaired) electrons. The molecule has 0 unspecified atom stereocenters. The summed E-state index contributed by atoms with van der Waals surface area (Å²) in [6.07, 6.45) is 3.64. The Morgan fingerprint density at radius 2 is 2.38 bits per heavy atom. The van der Waals surface area contributed by atoms with Crippen LogP contribution < -0.4 is 0 Å². The second-order valence-corrected chi connectivity index (χ2v) is 2.87. The summed E-state index contributed by atoms with van der Waals surface area (Å²) in [6.45, 7) is 1.46. The fourth-order valence-electron chi connectivity index (χ4n) is 0.997. The van der Waals surface area contributed by atoms with E-state index < -0.39 is 0 Å². The topological polar surface area (TPSA) is 64.3 Å². The summed E-state index contributed by atoms with van der Waals surface area (Å²) in [5.74, 6) is 0. The summed E-state index contributed by atoms with van der Waals surface area (Å²) >= 11 is 4.91. The minimum Gasteiger partial charge on any atom is -0.271 e. The SMILES string of the molecule is S=c1nn[nH]n1CCn1cccn1. The second kappa shape index (κ2) is 3.48. The van der Waals surface area contributed by atoms with Gasteiger partial charge in [-0.05, 0) is 18.3 Å². The van der Waals surface area contributed by atoms with Crippen LogP contribution >= 0.6 is 12.2 Å². The quantitative estimate of drug-likeness (QED) is 0.714. The largest absolute Gasteiger partial charge is 0.271 e. The lowest BCUT2D eigenvalue weighted by atomic mass is 10.6. The molecule has 13 heavy (non-hydrogen) atoms. The number of aromatic nitrogens is 6. The van der Waals surface area contributed by atoms with Crippen LogP contribution in [-0.2, 0) is 13.1 Å². The third-order valence-electron chi connectivity index (χ3n) is 1.64. The van der Waals surface area contributed by atoms with Gasteiger partial charge in [-0.25, -0.2) is 4.68 Å². The predicted molar refractivity (Wildman–Crippen MR) is 47.4 cm³/mol. The van der Waals surface area contributed by atoms with Gasteiger partial charge in [-0.3, -0.25) is 4.68 Å². The van der Waals surface area contributed by atoms with Gasteiger partial charge in [0.25, 0.3) is 0 Å². The third kappa shape index (κ3) is 1.81. The van der Waals surface area contributed by atoms with Gasteiger partial charge >= 0.3 is 0 Å². The van der Waals surface area contributed by atoms with Crippen molar-refractivity contribution in [2.24, 2.45) is 0 Å². The predicted octanol–water partition coefficient (Wildman–Crippen LogP) is 0.232. The third-order valence-corrected chi connectivity index (χ3v) is 1.95. The maximum absolute atomic E-state index is 4.91. The van der Waals surface area contributed by atoms with Gasteiger partial charge < -0.3 is 0 Å². The van der Waals surface area contributed by atoms with Crippen molar-refractivity contribution in [1.29, 1.82) is 0 Å². The van der Waals surface area contributed by atoms with Crippen molar-refractivity contribution in [1.82, 2.24) is 30.0 Å². The highest BCUT2D eigenvalue weighted by molar-refractivity contribution is 7.71. The van der Waals surface area contributed by atoms with Crippen LogP contribution in [0.4, 0.5) is 0 Å². The fourth-order valence-corrected chi connectivity index (χ4v) is 1.17. The molecule has 2 aromatic rings. The fraction of sp³-hybridized carbons (Fsp3) is 0.333. The average molecular weight is 196 g/mol. The maximum Gasteiger partial charge on any atom is 0.238 e. The second-order valence-electron chi connectivity index (χ2n) is 2.50. The molecule has 0 amide bonds. The molecule has 0 aliphatic carbocycles. The summed E-state index contributed by atoms with van der Waals surface area (Å²) in [5, 5.41) is 14.0. The van der Waals surface area contributed by atoms with E-state index in [0.717, 1.165) is 6.54 Å². The van der Waals surface area contributed by atoms with Crippen molar-refractivity contribution in [2.45, 2.75) is 13.1 Å². The van der Waals surface area contributed by atoms with Crippen LogP contribution in [0.25, 0.3) is 0 Å². The van der Waals surface area contributed by atoms with Crippen LogP contribution in [0.5, 0.6) is 0 Å². The maximum atomic E-state index is 4.91. The van der Waals surface area contributed by atoms with Crippen LogP contribution in [0.2, 0.25) is 0 Å². The van der Waals surface area contributed by atoms with Crippen molar-refractivity contribution < 1.29 is 0 Å². The monoisotopic (exact) mass is 196 g/mol. The van der Waals surface area contributed by atoms with E-state index in [1.165, 1.54) is 0 Å².